The van der Waals surface area contributed by atoms with Gasteiger partial charge >= 0.3 is 12.3 Å². The van der Waals surface area contributed by atoms with Gasteiger partial charge in [-0.25, -0.2) is 4.79 Å². The molecule has 45 heavy (non-hydrogen) atoms. The number of halogens is 3. The standard InChI is InChI=1S/C35H37F3N4O3/c1-3-6-24-17-19-42(20-18-24)29-15-9-25(10-16-29)22-39-34(44)45-32-21-28(23-41(32)2)40-33(43)31-8-5-4-7-30(31)26-11-13-27(14-12-26)35(36,37)38/h4-5,7-16,21,23-24H,3,6,17-20,22H2,1-2H3,(H,39,44)(H,40,43). The number of hydrogen-bond acceptors (Lipinski definition) is 4. The number of piperidine rings is 1. The lowest BCUT2D eigenvalue weighted by atomic mass is 9.92. The number of carbonyl (C=O) groups is 2. The van der Waals surface area contributed by atoms with E-state index in [1.807, 2.05) is 12.1 Å². The summed E-state index contributed by atoms with van der Waals surface area (Å²) in [4.78, 5) is 28.2. The van der Waals surface area contributed by atoms with Gasteiger partial charge in [0.05, 0.1) is 11.3 Å². The summed E-state index contributed by atoms with van der Waals surface area (Å²) in [5.41, 5.74) is 3.01. The molecule has 3 aromatic carbocycles. The third kappa shape index (κ3) is 8.06. The Morgan fingerprint density at radius 3 is 2.31 bits per heavy atom. The molecule has 5 rings (SSSR count). The number of nitrogens with zero attached hydrogens (tertiary/aromatic N) is 2. The van der Waals surface area contributed by atoms with Crippen LogP contribution in [0.2, 0.25) is 0 Å². The molecule has 0 bridgehead atoms. The van der Waals surface area contributed by atoms with Crippen molar-refractivity contribution in [3.63, 3.8) is 0 Å². The van der Waals surface area contributed by atoms with Gasteiger partial charge in [-0.3, -0.25) is 4.79 Å². The highest BCUT2D eigenvalue weighted by Gasteiger charge is 2.30. The molecule has 2 N–H and O–H groups in total. The van der Waals surface area contributed by atoms with Crippen molar-refractivity contribution in [3.05, 3.63) is 102 Å². The zero-order valence-electron chi connectivity index (χ0n) is 25.4. The van der Waals surface area contributed by atoms with Crippen LogP contribution in [0.15, 0.2) is 85.1 Å². The molecule has 7 nitrogen and oxygen atoms in total. The minimum atomic E-state index is -4.45. The van der Waals surface area contributed by atoms with Crippen molar-refractivity contribution in [2.45, 2.75) is 45.3 Å². The molecule has 1 aliphatic rings. The lowest BCUT2D eigenvalue weighted by Gasteiger charge is -2.33. The van der Waals surface area contributed by atoms with E-state index in [-0.39, 0.29) is 11.4 Å². The second-order valence-corrected chi connectivity index (χ2v) is 11.4. The van der Waals surface area contributed by atoms with Crippen LogP contribution in [-0.2, 0) is 19.8 Å². The van der Waals surface area contributed by atoms with E-state index in [2.05, 4.69) is 34.6 Å². The van der Waals surface area contributed by atoms with Crippen LogP contribution in [0.1, 0.15) is 54.1 Å². The summed E-state index contributed by atoms with van der Waals surface area (Å²) in [6.07, 6.45) is 1.51. The van der Waals surface area contributed by atoms with Gasteiger partial charge < -0.3 is 24.8 Å². The molecule has 2 heterocycles. The molecule has 1 aliphatic heterocycles. The number of anilines is 2. The molecule has 10 heteroatoms. The van der Waals surface area contributed by atoms with Gasteiger partial charge in [-0.1, -0.05) is 62.2 Å². The fraction of sp³-hybridized carbons (Fsp3) is 0.314. The molecule has 2 amide bonds. The fourth-order valence-corrected chi connectivity index (χ4v) is 5.70. The summed E-state index contributed by atoms with van der Waals surface area (Å²) >= 11 is 0. The summed E-state index contributed by atoms with van der Waals surface area (Å²) < 4.78 is 46.0. The monoisotopic (exact) mass is 618 g/mol. The number of nitrogens with one attached hydrogen (secondary N) is 2. The topological polar surface area (TPSA) is 75.6 Å². The zero-order chi connectivity index (χ0) is 32.0. The van der Waals surface area contributed by atoms with E-state index in [0.29, 0.717) is 23.4 Å². The predicted octanol–water partition coefficient (Wildman–Crippen LogP) is 8.27. The summed E-state index contributed by atoms with van der Waals surface area (Å²) in [6, 6.07) is 21.0. The number of rotatable bonds is 9. The Bertz CT molecular complexity index is 1610. The molecule has 0 spiro atoms. The average Bonchev–Trinajstić information content (AvgIpc) is 3.38. The summed E-state index contributed by atoms with van der Waals surface area (Å²) in [7, 11) is 1.68. The second kappa shape index (κ2) is 13.9. The van der Waals surface area contributed by atoms with Crippen LogP contribution in [0, 0.1) is 5.92 Å². The summed E-state index contributed by atoms with van der Waals surface area (Å²) in [6.45, 7) is 4.68. The lowest BCUT2D eigenvalue weighted by Crippen LogP contribution is -2.33. The normalized spacial score (nSPS) is 13.8. The van der Waals surface area contributed by atoms with E-state index in [9.17, 15) is 22.8 Å². The maximum absolute atomic E-state index is 13.2. The number of carbonyl (C=O) groups excluding carboxylic acids is 2. The van der Waals surface area contributed by atoms with Gasteiger partial charge in [-0.15, -0.1) is 0 Å². The van der Waals surface area contributed by atoms with Crippen LogP contribution in [0.4, 0.5) is 29.3 Å². The van der Waals surface area contributed by atoms with E-state index >= 15 is 0 Å². The van der Waals surface area contributed by atoms with Crippen molar-refractivity contribution in [1.29, 1.82) is 0 Å². The Morgan fingerprint density at radius 2 is 1.64 bits per heavy atom. The number of alkyl halides is 3. The van der Waals surface area contributed by atoms with E-state index < -0.39 is 23.7 Å². The van der Waals surface area contributed by atoms with Gasteiger partial charge in [-0.05, 0) is 65.8 Å². The Kier molecular flexibility index (Phi) is 9.80. The highest BCUT2D eigenvalue weighted by atomic mass is 19.4. The Hall–Kier alpha value is -4.73. The number of hydrogen-bond donors (Lipinski definition) is 2. The Morgan fingerprint density at radius 1 is 0.956 bits per heavy atom. The van der Waals surface area contributed by atoms with E-state index in [4.69, 9.17) is 4.74 Å². The second-order valence-electron chi connectivity index (χ2n) is 11.4. The van der Waals surface area contributed by atoms with Crippen molar-refractivity contribution < 1.29 is 27.5 Å². The molecule has 1 fully saturated rings. The number of ether oxygens (including phenoxy) is 1. The molecule has 0 aliphatic carbocycles. The SMILES string of the molecule is CCCC1CCN(c2ccc(CNC(=O)Oc3cc(NC(=O)c4ccccc4-c4ccc(C(F)(F)F)cc4)cn3C)cc2)CC1. The van der Waals surface area contributed by atoms with Crippen LogP contribution in [0.3, 0.4) is 0 Å². The van der Waals surface area contributed by atoms with Crippen LogP contribution >= 0.6 is 0 Å². The summed E-state index contributed by atoms with van der Waals surface area (Å²) in [5.74, 6) is 0.594. The summed E-state index contributed by atoms with van der Waals surface area (Å²) in [5, 5.41) is 5.54. The number of amides is 2. The minimum absolute atomic E-state index is 0.223. The Balaban J connectivity index is 1.15. The van der Waals surface area contributed by atoms with Crippen LogP contribution in [0.5, 0.6) is 5.88 Å². The third-order valence-corrected chi connectivity index (χ3v) is 8.16. The van der Waals surface area contributed by atoms with Crippen molar-refractivity contribution in [1.82, 2.24) is 9.88 Å². The third-order valence-electron chi connectivity index (χ3n) is 8.16. The predicted molar refractivity (Wildman–Crippen MR) is 169 cm³/mol. The van der Waals surface area contributed by atoms with Crippen LogP contribution in [-0.4, -0.2) is 29.7 Å². The zero-order valence-corrected chi connectivity index (χ0v) is 25.4. The van der Waals surface area contributed by atoms with Crippen LogP contribution in [0.25, 0.3) is 11.1 Å². The maximum atomic E-state index is 13.2. The van der Waals surface area contributed by atoms with Crippen molar-refractivity contribution >= 4 is 23.4 Å². The highest BCUT2D eigenvalue weighted by molar-refractivity contribution is 6.08. The van der Waals surface area contributed by atoms with Gasteiger partial charge in [0.25, 0.3) is 5.91 Å². The Labute approximate surface area is 261 Å². The quantitative estimate of drug-likeness (QED) is 0.198. The van der Waals surface area contributed by atoms with Gasteiger partial charge in [0.15, 0.2) is 0 Å². The number of benzene rings is 3. The minimum Gasteiger partial charge on any atom is -0.393 e. The smallest absolute Gasteiger partial charge is 0.393 e. The molecule has 236 valence electrons. The molecule has 4 aromatic rings. The number of aromatic nitrogens is 1. The van der Waals surface area contributed by atoms with Gasteiger partial charge in [0.1, 0.15) is 0 Å². The van der Waals surface area contributed by atoms with Crippen molar-refractivity contribution in [3.8, 4) is 17.0 Å². The van der Waals surface area contributed by atoms with E-state index in [1.54, 1.807) is 42.1 Å². The van der Waals surface area contributed by atoms with Gasteiger partial charge in [0, 0.05) is 50.2 Å². The van der Waals surface area contributed by atoms with Gasteiger partial charge in [-0.2, -0.15) is 13.2 Å². The molecule has 0 atom stereocenters. The van der Waals surface area contributed by atoms with Crippen molar-refractivity contribution in [2.24, 2.45) is 13.0 Å². The van der Waals surface area contributed by atoms with Gasteiger partial charge in [0.2, 0.25) is 5.88 Å². The molecule has 1 saturated heterocycles. The molecule has 1 aromatic heterocycles. The first-order chi connectivity index (χ1) is 21.6. The molecule has 0 unspecified atom stereocenters. The first kappa shape index (κ1) is 31.7. The largest absolute Gasteiger partial charge is 0.416 e. The first-order valence-electron chi connectivity index (χ1n) is 15.1. The molecular weight excluding hydrogens is 581 g/mol. The van der Waals surface area contributed by atoms with E-state index in [1.165, 1.54) is 49.6 Å². The highest BCUT2D eigenvalue weighted by Crippen LogP contribution is 2.32. The molecular formula is C35H37F3N4O3. The fourth-order valence-electron chi connectivity index (χ4n) is 5.70. The van der Waals surface area contributed by atoms with Crippen LogP contribution < -0.4 is 20.3 Å². The van der Waals surface area contributed by atoms with E-state index in [0.717, 1.165) is 36.7 Å². The first-order valence-corrected chi connectivity index (χ1v) is 15.1. The number of aryl methyl sites for hydroxylation is 1. The van der Waals surface area contributed by atoms with Crippen molar-refractivity contribution in [2.75, 3.05) is 23.3 Å². The molecule has 0 saturated carbocycles. The average molecular weight is 619 g/mol. The lowest BCUT2D eigenvalue weighted by molar-refractivity contribution is -0.137. The molecule has 0 radical (unpaired) electrons. The maximum Gasteiger partial charge on any atom is 0.416 e.